The van der Waals surface area contributed by atoms with Gasteiger partial charge >= 0.3 is 0 Å². The third-order valence-electron chi connectivity index (χ3n) is 4.32. The molecule has 132 valence electrons. The van der Waals surface area contributed by atoms with Crippen molar-refractivity contribution < 1.29 is 9.53 Å². The van der Waals surface area contributed by atoms with Crippen LogP contribution in [0.2, 0.25) is 5.02 Å². The van der Waals surface area contributed by atoms with Crippen LogP contribution >= 0.6 is 11.6 Å². The van der Waals surface area contributed by atoms with Crippen LogP contribution in [0.25, 0.3) is 0 Å². The monoisotopic (exact) mass is 358 g/mol. The van der Waals surface area contributed by atoms with Gasteiger partial charge in [0.25, 0.3) is 5.91 Å². The highest BCUT2D eigenvalue weighted by Crippen LogP contribution is 2.20. The molecule has 1 amide bonds. The van der Waals surface area contributed by atoms with E-state index >= 15 is 0 Å². The van der Waals surface area contributed by atoms with Gasteiger partial charge in [0.2, 0.25) is 0 Å². The van der Waals surface area contributed by atoms with E-state index in [4.69, 9.17) is 16.3 Å². The third-order valence-corrected chi connectivity index (χ3v) is 4.57. The molecule has 1 saturated heterocycles. The van der Waals surface area contributed by atoms with Crippen molar-refractivity contribution in [3.05, 3.63) is 59.1 Å². The summed E-state index contributed by atoms with van der Waals surface area (Å²) in [5.74, 6) is 0.662. The van der Waals surface area contributed by atoms with E-state index in [0.29, 0.717) is 23.7 Å². The molecule has 25 heavy (non-hydrogen) atoms. The van der Waals surface area contributed by atoms with Crippen molar-refractivity contribution >= 4 is 23.2 Å². The molecule has 4 nitrogen and oxygen atoms in total. The fourth-order valence-electron chi connectivity index (χ4n) is 2.94. The SMILES string of the molecule is O=C(NCCOc1ccc(Cl)cc1)c1ccc(N2CCCCC2)cc1. The van der Waals surface area contributed by atoms with Crippen LogP contribution in [0.15, 0.2) is 48.5 Å². The summed E-state index contributed by atoms with van der Waals surface area (Å²) in [7, 11) is 0. The Morgan fingerprint density at radius 2 is 1.68 bits per heavy atom. The van der Waals surface area contributed by atoms with Crippen LogP contribution in [0.5, 0.6) is 5.75 Å². The number of benzene rings is 2. The second-order valence-corrected chi connectivity index (χ2v) is 6.59. The van der Waals surface area contributed by atoms with E-state index in [9.17, 15) is 4.79 Å². The van der Waals surface area contributed by atoms with Crippen LogP contribution in [0.1, 0.15) is 29.6 Å². The van der Waals surface area contributed by atoms with Gasteiger partial charge in [0.1, 0.15) is 12.4 Å². The molecule has 0 radical (unpaired) electrons. The molecule has 0 unspecified atom stereocenters. The molecule has 1 aliphatic heterocycles. The average Bonchev–Trinajstić information content (AvgIpc) is 2.67. The van der Waals surface area contributed by atoms with Crippen molar-refractivity contribution in [2.45, 2.75) is 19.3 Å². The largest absolute Gasteiger partial charge is 0.492 e. The van der Waals surface area contributed by atoms with Crippen LogP contribution in [0, 0.1) is 0 Å². The summed E-state index contributed by atoms with van der Waals surface area (Å²) in [6, 6.07) is 15.0. The number of rotatable bonds is 6. The lowest BCUT2D eigenvalue weighted by Gasteiger charge is -2.28. The number of carbonyl (C=O) groups excluding carboxylic acids is 1. The minimum Gasteiger partial charge on any atom is -0.492 e. The number of hydrogen-bond donors (Lipinski definition) is 1. The number of amides is 1. The summed E-state index contributed by atoms with van der Waals surface area (Å²) in [5, 5.41) is 3.55. The molecule has 5 heteroatoms. The van der Waals surface area contributed by atoms with Crippen LogP contribution in [-0.4, -0.2) is 32.1 Å². The van der Waals surface area contributed by atoms with Crippen molar-refractivity contribution in [2.24, 2.45) is 0 Å². The predicted octanol–water partition coefficient (Wildman–Crippen LogP) is 4.14. The Morgan fingerprint density at radius 3 is 2.36 bits per heavy atom. The lowest BCUT2D eigenvalue weighted by molar-refractivity contribution is 0.0947. The molecule has 0 spiro atoms. The summed E-state index contributed by atoms with van der Waals surface area (Å²) >= 11 is 5.83. The van der Waals surface area contributed by atoms with Gasteiger partial charge in [0.15, 0.2) is 0 Å². The Balaban J connectivity index is 1.43. The van der Waals surface area contributed by atoms with Crippen molar-refractivity contribution in [1.29, 1.82) is 0 Å². The van der Waals surface area contributed by atoms with Crippen LogP contribution in [0.4, 0.5) is 5.69 Å². The summed E-state index contributed by atoms with van der Waals surface area (Å²) in [6.07, 6.45) is 3.81. The van der Waals surface area contributed by atoms with Crippen LogP contribution in [-0.2, 0) is 0 Å². The van der Waals surface area contributed by atoms with Crippen molar-refractivity contribution in [3.63, 3.8) is 0 Å². The second-order valence-electron chi connectivity index (χ2n) is 6.15. The van der Waals surface area contributed by atoms with E-state index in [1.807, 2.05) is 36.4 Å². The zero-order chi connectivity index (χ0) is 17.5. The number of anilines is 1. The number of carbonyl (C=O) groups is 1. The molecular weight excluding hydrogens is 336 g/mol. The quantitative estimate of drug-likeness (QED) is 0.789. The van der Waals surface area contributed by atoms with Gasteiger partial charge in [-0.15, -0.1) is 0 Å². The first-order valence-electron chi connectivity index (χ1n) is 8.74. The standard InChI is InChI=1S/C20H23ClN2O2/c21-17-6-10-19(11-7-17)25-15-12-22-20(24)16-4-8-18(9-5-16)23-13-2-1-3-14-23/h4-11H,1-3,12-15H2,(H,22,24). The first-order valence-corrected chi connectivity index (χ1v) is 9.12. The molecule has 0 aromatic heterocycles. The number of ether oxygens (including phenoxy) is 1. The van der Waals surface area contributed by atoms with E-state index in [-0.39, 0.29) is 5.91 Å². The molecular formula is C20H23ClN2O2. The molecule has 2 aromatic carbocycles. The van der Waals surface area contributed by atoms with Crippen molar-refractivity contribution in [1.82, 2.24) is 5.32 Å². The highest BCUT2D eigenvalue weighted by Gasteiger charge is 2.11. The van der Waals surface area contributed by atoms with Gasteiger partial charge in [-0.25, -0.2) is 0 Å². The summed E-state index contributed by atoms with van der Waals surface area (Å²) in [6.45, 7) is 3.08. The Hall–Kier alpha value is -2.20. The minimum absolute atomic E-state index is 0.0788. The first-order chi connectivity index (χ1) is 12.2. The maximum atomic E-state index is 12.2. The smallest absolute Gasteiger partial charge is 0.251 e. The van der Waals surface area contributed by atoms with Gasteiger partial charge in [-0.2, -0.15) is 0 Å². The van der Waals surface area contributed by atoms with Gasteiger partial charge in [0, 0.05) is 29.4 Å². The zero-order valence-corrected chi connectivity index (χ0v) is 15.0. The van der Waals surface area contributed by atoms with E-state index in [1.54, 1.807) is 12.1 Å². The summed E-state index contributed by atoms with van der Waals surface area (Å²) in [5.41, 5.74) is 1.87. The van der Waals surface area contributed by atoms with Crippen molar-refractivity contribution in [2.75, 3.05) is 31.1 Å². The molecule has 0 atom stereocenters. The Bertz CT molecular complexity index is 680. The zero-order valence-electron chi connectivity index (χ0n) is 14.2. The molecule has 2 aromatic rings. The van der Waals surface area contributed by atoms with E-state index in [2.05, 4.69) is 10.2 Å². The topological polar surface area (TPSA) is 41.6 Å². The highest BCUT2D eigenvalue weighted by atomic mass is 35.5. The Kier molecular flexibility index (Phi) is 6.18. The lowest BCUT2D eigenvalue weighted by atomic mass is 10.1. The van der Waals surface area contributed by atoms with Crippen molar-refractivity contribution in [3.8, 4) is 5.75 Å². The molecule has 1 aliphatic rings. The third kappa shape index (κ3) is 5.13. The molecule has 1 heterocycles. The van der Waals surface area contributed by atoms with Gasteiger partial charge in [-0.05, 0) is 67.8 Å². The molecule has 0 saturated carbocycles. The summed E-state index contributed by atoms with van der Waals surface area (Å²) < 4.78 is 5.57. The maximum Gasteiger partial charge on any atom is 0.251 e. The first kappa shape index (κ1) is 17.6. The Labute approximate surface area is 153 Å². The van der Waals surface area contributed by atoms with Crippen LogP contribution in [0.3, 0.4) is 0 Å². The van der Waals surface area contributed by atoms with Gasteiger partial charge in [-0.3, -0.25) is 4.79 Å². The normalized spacial score (nSPS) is 14.2. The van der Waals surface area contributed by atoms with E-state index in [0.717, 1.165) is 18.8 Å². The molecule has 0 aliphatic carbocycles. The molecule has 1 fully saturated rings. The minimum atomic E-state index is -0.0788. The Morgan fingerprint density at radius 1 is 1.00 bits per heavy atom. The number of nitrogens with one attached hydrogen (secondary N) is 1. The highest BCUT2D eigenvalue weighted by molar-refractivity contribution is 6.30. The van der Waals surface area contributed by atoms with E-state index < -0.39 is 0 Å². The fraction of sp³-hybridized carbons (Fsp3) is 0.350. The molecule has 0 bridgehead atoms. The van der Waals surface area contributed by atoms with E-state index in [1.165, 1.54) is 24.9 Å². The molecule has 3 rings (SSSR count). The number of hydrogen-bond acceptors (Lipinski definition) is 3. The van der Waals surface area contributed by atoms with Gasteiger partial charge < -0.3 is 15.0 Å². The number of nitrogens with zero attached hydrogens (tertiary/aromatic N) is 1. The maximum absolute atomic E-state index is 12.2. The van der Waals surface area contributed by atoms with Gasteiger partial charge in [0.05, 0.1) is 6.54 Å². The van der Waals surface area contributed by atoms with Crippen LogP contribution < -0.4 is 15.0 Å². The molecule has 1 N–H and O–H groups in total. The second kappa shape index (κ2) is 8.77. The number of piperidine rings is 1. The fourth-order valence-corrected chi connectivity index (χ4v) is 3.07. The lowest BCUT2D eigenvalue weighted by Crippen LogP contribution is -2.30. The summed E-state index contributed by atoms with van der Waals surface area (Å²) in [4.78, 5) is 14.6. The number of halogens is 1. The van der Waals surface area contributed by atoms with Gasteiger partial charge in [-0.1, -0.05) is 11.6 Å². The average molecular weight is 359 g/mol. The predicted molar refractivity (Wildman–Crippen MR) is 102 cm³/mol.